The molecule has 4 heterocycles. The van der Waals surface area contributed by atoms with Gasteiger partial charge in [-0.15, -0.1) is 0 Å². The Bertz CT molecular complexity index is 2600. The number of para-hydroxylation sites is 3. The van der Waals surface area contributed by atoms with E-state index in [0.29, 0.717) is 17.6 Å². The Balaban J connectivity index is 1.37. The Kier molecular flexibility index (Phi) is 6.49. The second kappa shape index (κ2) is 11.5. The van der Waals surface area contributed by atoms with Gasteiger partial charge in [0.05, 0.1) is 16.9 Å². The molecule has 1 aliphatic rings. The lowest BCUT2D eigenvalue weighted by Crippen LogP contribution is -2.58. The van der Waals surface area contributed by atoms with Gasteiger partial charge in [0.15, 0.2) is 11.6 Å². The summed E-state index contributed by atoms with van der Waals surface area (Å²) in [5.41, 5.74) is 9.80. The molecule has 3 aromatic heterocycles. The lowest BCUT2D eigenvalue weighted by molar-refractivity contribution is 0.651. The molecular formula is C43H28BN5O. The lowest BCUT2D eigenvalue weighted by Gasteiger charge is -2.32. The number of benzene rings is 6. The van der Waals surface area contributed by atoms with Crippen molar-refractivity contribution in [3.8, 4) is 28.5 Å². The van der Waals surface area contributed by atoms with Gasteiger partial charge in [0, 0.05) is 33.2 Å². The first-order chi connectivity index (χ1) is 24.8. The lowest BCUT2D eigenvalue weighted by atomic mass is 9.39. The summed E-state index contributed by atoms with van der Waals surface area (Å²) in [6, 6.07) is 58.3. The maximum atomic E-state index is 6.96. The van der Waals surface area contributed by atoms with Crippen molar-refractivity contribution in [3.63, 3.8) is 0 Å². The maximum Gasteiger partial charge on any atom is 0.313 e. The van der Waals surface area contributed by atoms with Crippen molar-refractivity contribution < 1.29 is 4.42 Å². The van der Waals surface area contributed by atoms with Gasteiger partial charge in [-0.25, -0.2) is 4.98 Å². The average Bonchev–Trinajstić information content (AvgIpc) is 3.74. The van der Waals surface area contributed by atoms with E-state index in [4.69, 9.17) is 19.4 Å². The summed E-state index contributed by atoms with van der Waals surface area (Å²) < 4.78 is 9.33. The minimum atomic E-state index is -0.221. The molecule has 7 heteroatoms. The van der Waals surface area contributed by atoms with E-state index in [1.165, 1.54) is 0 Å². The zero-order valence-corrected chi connectivity index (χ0v) is 26.9. The highest BCUT2D eigenvalue weighted by atomic mass is 16.3. The summed E-state index contributed by atoms with van der Waals surface area (Å²) in [6.45, 7) is -0.221. The first kappa shape index (κ1) is 28.3. The number of hydrogen-bond donors (Lipinski definition) is 0. The third kappa shape index (κ3) is 4.41. The van der Waals surface area contributed by atoms with Gasteiger partial charge < -0.3 is 8.98 Å². The normalized spacial score (nSPS) is 12.3. The van der Waals surface area contributed by atoms with E-state index in [2.05, 4.69) is 107 Å². The van der Waals surface area contributed by atoms with Crippen LogP contribution in [0.5, 0.6) is 0 Å². The molecule has 6 nitrogen and oxygen atoms in total. The van der Waals surface area contributed by atoms with Gasteiger partial charge in [0.25, 0.3) is 0 Å². The standard InChI is InChI=1S/C43H28BN5O/c1-5-17-29(18-6-1)41-45-42(30-19-7-2-8-20-30)47-43(46-41)49-37-33-25-13-15-27-35(33)48(32-23-11-4-12-24-32)39(37)44(31-21-9-3-10-22-31)40-38(49)34-26-14-16-28-36(34)50-40/h1-28H. The minimum absolute atomic E-state index is 0.221. The molecule has 0 amide bonds. The van der Waals surface area contributed by atoms with E-state index in [-0.39, 0.29) is 6.71 Å². The van der Waals surface area contributed by atoms with Crippen molar-refractivity contribution in [1.29, 1.82) is 0 Å². The van der Waals surface area contributed by atoms with Gasteiger partial charge in [0.2, 0.25) is 5.95 Å². The van der Waals surface area contributed by atoms with E-state index in [9.17, 15) is 0 Å². The van der Waals surface area contributed by atoms with Crippen molar-refractivity contribution in [1.82, 2.24) is 19.5 Å². The summed E-state index contributed by atoms with van der Waals surface area (Å²) in [5.74, 6) is 1.72. The molecule has 0 unspecified atom stereocenters. The Labute approximate surface area is 289 Å². The molecule has 6 aromatic carbocycles. The fourth-order valence-electron chi connectivity index (χ4n) is 7.36. The van der Waals surface area contributed by atoms with Crippen molar-refractivity contribution in [2.24, 2.45) is 0 Å². The SMILES string of the molecule is c1ccc(B2c3oc4ccccc4c3N(c3nc(-c4ccccc4)nc(-c4ccccc4)n3)c3c2n(-c2ccccc2)c2ccccc32)cc1. The highest BCUT2D eigenvalue weighted by Crippen LogP contribution is 2.45. The second-order valence-electron chi connectivity index (χ2n) is 12.4. The van der Waals surface area contributed by atoms with Crippen LogP contribution in [0.25, 0.3) is 50.3 Å². The minimum Gasteiger partial charge on any atom is -0.468 e. The van der Waals surface area contributed by atoms with Gasteiger partial charge in [-0.3, -0.25) is 4.90 Å². The van der Waals surface area contributed by atoms with Gasteiger partial charge >= 0.3 is 6.71 Å². The van der Waals surface area contributed by atoms with E-state index >= 15 is 0 Å². The Morgan fingerprint density at radius 3 is 1.68 bits per heavy atom. The fraction of sp³-hybridized carbons (Fsp3) is 0. The Morgan fingerprint density at radius 1 is 0.480 bits per heavy atom. The summed E-state index contributed by atoms with van der Waals surface area (Å²) in [5, 5.41) is 2.08. The second-order valence-corrected chi connectivity index (χ2v) is 12.4. The number of fused-ring (bicyclic) bond motifs is 6. The molecule has 0 radical (unpaired) electrons. The Hall–Kier alpha value is -6.73. The van der Waals surface area contributed by atoms with Crippen LogP contribution >= 0.6 is 0 Å². The summed E-state index contributed by atoms with van der Waals surface area (Å²) in [7, 11) is 0. The highest BCUT2D eigenvalue weighted by molar-refractivity contribution is 6.97. The van der Waals surface area contributed by atoms with Gasteiger partial charge in [-0.1, -0.05) is 145 Å². The number of nitrogens with zero attached hydrogens (tertiary/aromatic N) is 5. The quantitative estimate of drug-likeness (QED) is 0.178. The van der Waals surface area contributed by atoms with Crippen LogP contribution in [0, 0.1) is 0 Å². The van der Waals surface area contributed by atoms with Crippen molar-refractivity contribution >= 4 is 62.6 Å². The van der Waals surface area contributed by atoms with Gasteiger partial charge in [-0.05, 0) is 30.3 Å². The number of aromatic nitrogens is 4. The number of hydrogen-bond acceptors (Lipinski definition) is 5. The van der Waals surface area contributed by atoms with E-state index in [1.807, 2.05) is 72.8 Å². The van der Waals surface area contributed by atoms with E-state index in [1.54, 1.807) is 0 Å². The largest absolute Gasteiger partial charge is 0.468 e. The zero-order valence-electron chi connectivity index (χ0n) is 26.9. The summed E-state index contributed by atoms with van der Waals surface area (Å²) in [6.07, 6.45) is 0. The van der Waals surface area contributed by atoms with Crippen LogP contribution < -0.4 is 21.6 Å². The van der Waals surface area contributed by atoms with Crippen molar-refractivity contribution in [3.05, 3.63) is 170 Å². The predicted molar refractivity (Wildman–Crippen MR) is 203 cm³/mol. The molecule has 1 aliphatic heterocycles. The van der Waals surface area contributed by atoms with Gasteiger partial charge in [0.1, 0.15) is 11.2 Å². The molecule has 10 rings (SSSR count). The van der Waals surface area contributed by atoms with Crippen LogP contribution in [-0.2, 0) is 0 Å². The molecule has 0 atom stereocenters. The number of furan rings is 1. The average molecular weight is 642 g/mol. The van der Waals surface area contributed by atoms with Crippen molar-refractivity contribution in [2.75, 3.05) is 4.90 Å². The molecule has 0 fully saturated rings. The van der Waals surface area contributed by atoms with E-state index in [0.717, 1.165) is 66.8 Å². The molecule has 0 saturated heterocycles. The van der Waals surface area contributed by atoms with Crippen molar-refractivity contribution in [2.45, 2.75) is 0 Å². The molecule has 0 N–H and O–H groups in total. The third-order valence-corrected chi connectivity index (χ3v) is 9.50. The predicted octanol–water partition coefficient (Wildman–Crippen LogP) is 8.20. The highest BCUT2D eigenvalue weighted by Gasteiger charge is 2.45. The topological polar surface area (TPSA) is 60.0 Å². The third-order valence-electron chi connectivity index (χ3n) is 9.50. The number of rotatable bonds is 5. The molecule has 0 aliphatic carbocycles. The van der Waals surface area contributed by atoms with Crippen LogP contribution in [0.3, 0.4) is 0 Å². The Morgan fingerprint density at radius 2 is 1.02 bits per heavy atom. The zero-order chi connectivity index (χ0) is 33.0. The van der Waals surface area contributed by atoms with Crippen LogP contribution in [0.15, 0.2) is 174 Å². The molecule has 0 spiro atoms. The van der Waals surface area contributed by atoms with E-state index < -0.39 is 0 Å². The van der Waals surface area contributed by atoms with Gasteiger partial charge in [-0.2, -0.15) is 9.97 Å². The van der Waals surface area contributed by atoms with Crippen LogP contribution in [0.1, 0.15) is 0 Å². The molecule has 0 saturated carbocycles. The first-order valence-electron chi connectivity index (χ1n) is 16.8. The summed E-state index contributed by atoms with van der Waals surface area (Å²) in [4.78, 5) is 17.8. The molecule has 234 valence electrons. The molecular weight excluding hydrogens is 613 g/mol. The maximum absolute atomic E-state index is 6.96. The molecule has 9 aromatic rings. The van der Waals surface area contributed by atoms with Crippen LogP contribution in [0.2, 0.25) is 0 Å². The monoisotopic (exact) mass is 641 g/mol. The summed E-state index contributed by atoms with van der Waals surface area (Å²) >= 11 is 0. The smallest absolute Gasteiger partial charge is 0.313 e. The molecule has 0 bridgehead atoms. The molecule has 50 heavy (non-hydrogen) atoms. The first-order valence-corrected chi connectivity index (χ1v) is 16.8. The fourth-order valence-corrected chi connectivity index (χ4v) is 7.36. The van der Waals surface area contributed by atoms with Crippen LogP contribution in [0.4, 0.5) is 17.3 Å². The number of anilines is 3. The van der Waals surface area contributed by atoms with Crippen LogP contribution in [-0.4, -0.2) is 26.2 Å².